The molecule has 82 valence electrons. The minimum Gasteiger partial charge on any atom is -0.489 e. The number of pyridine rings is 1. The van der Waals surface area contributed by atoms with Gasteiger partial charge in [-0.05, 0) is 46.3 Å². The van der Waals surface area contributed by atoms with Crippen LogP contribution in [0.25, 0.3) is 0 Å². The summed E-state index contributed by atoms with van der Waals surface area (Å²) in [6.07, 6.45) is 3.44. The van der Waals surface area contributed by atoms with Crippen molar-refractivity contribution in [1.82, 2.24) is 4.98 Å². The average molecular weight is 282 g/mol. The lowest BCUT2D eigenvalue weighted by molar-refractivity contribution is 0.305. The molecule has 0 aliphatic rings. The fourth-order valence-electron chi connectivity index (χ4n) is 1.23. The van der Waals surface area contributed by atoms with E-state index in [-0.39, 0.29) is 5.82 Å². The Morgan fingerprint density at radius 1 is 1.19 bits per heavy atom. The first-order valence-corrected chi connectivity index (χ1v) is 5.51. The van der Waals surface area contributed by atoms with Gasteiger partial charge >= 0.3 is 0 Å². The van der Waals surface area contributed by atoms with Crippen LogP contribution in [0, 0.1) is 5.82 Å². The summed E-state index contributed by atoms with van der Waals surface area (Å²) in [4.78, 5) is 4.02. The zero-order valence-electron chi connectivity index (χ0n) is 8.36. The molecule has 0 saturated carbocycles. The van der Waals surface area contributed by atoms with Gasteiger partial charge in [0, 0.05) is 22.4 Å². The highest BCUT2D eigenvalue weighted by atomic mass is 79.9. The van der Waals surface area contributed by atoms with Gasteiger partial charge in [-0.25, -0.2) is 4.39 Å². The standard InChI is InChI=1S/C12H9BrFNO/c13-10-5-9(6-15-7-10)8-16-12-3-1-11(14)2-4-12/h1-7H,8H2. The van der Waals surface area contributed by atoms with Crippen molar-refractivity contribution in [1.29, 1.82) is 0 Å². The molecule has 1 aromatic heterocycles. The van der Waals surface area contributed by atoms with E-state index in [4.69, 9.17) is 4.74 Å². The third-order valence-electron chi connectivity index (χ3n) is 1.98. The number of aromatic nitrogens is 1. The fourth-order valence-corrected chi connectivity index (χ4v) is 1.64. The van der Waals surface area contributed by atoms with E-state index in [2.05, 4.69) is 20.9 Å². The molecule has 0 radical (unpaired) electrons. The van der Waals surface area contributed by atoms with Crippen molar-refractivity contribution >= 4 is 15.9 Å². The fraction of sp³-hybridized carbons (Fsp3) is 0.0833. The zero-order valence-corrected chi connectivity index (χ0v) is 9.95. The first-order valence-electron chi connectivity index (χ1n) is 4.72. The van der Waals surface area contributed by atoms with E-state index in [1.54, 1.807) is 24.5 Å². The highest BCUT2D eigenvalue weighted by Gasteiger charge is 1.97. The van der Waals surface area contributed by atoms with Crippen LogP contribution < -0.4 is 4.74 Å². The number of halogens is 2. The van der Waals surface area contributed by atoms with Gasteiger partial charge in [-0.15, -0.1) is 0 Å². The number of nitrogens with zero attached hydrogens (tertiary/aromatic N) is 1. The van der Waals surface area contributed by atoms with E-state index in [1.807, 2.05) is 6.07 Å². The van der Waals surface area contributed by atoms with E-state index < -0.39 is 0 Å². The Labute approximate surface area is 101 Å². The Morgan fingerprint density at radius 3 is 2.62 bits per heavy atom. The molecule has 2 rings (SSSR count). The monoisotopic (exact) mass is 281 g/mol. The molecule has 0 aliphatic carbocycles. The molecule has 0 N–H and O–H groups in total. The normalized spacial score (nSPS) is 10.1. The van der Waals surface area contributed by atoms with Gasteiger partial charge in [0.2, 0.25) is 0 Å². The molecule has 0 amide bonds. The second-order valence-corrected chi connectivity index (χ2v) is 4.17. The van der Waals surface area contributed by atoms with Crippen LogP contribution >= 0.6 is 15.9 Å². The zero-order chi connectivity index (χ0) is 11.4. The molecule has 1 aromatic carbocycles. The summed E-state index contributed by atoms with van der Waals surface area (Å²) in [5, 5.41) is 0. The third kappa shape index (κ3) is 3.03. The Hall–Kier alpha value is -1.42. The summed E-state index contributed by atoms with van der Waals surface area (Å²) in [6, 6.07) is 7.86. The van der Waals surface area contributed by atoms with Crippen molar-refractivity contribution in [3.05, 3.63) is 58.6 Å². The molecule has 0 spiro atoms. The number of benzene rings is 1. The third-order valence-corrected chi connectivity index (χ3v) is 2.41. The van der Waals surface area contributed by atoms with Crippen molar-refractivity contribution < 1.29 is 9.13 Å². The molecule has 0 unspecified atom stereocenters. The molecule has 2 nitrogen and oxygen atoms in total. The van der Waals surface area contributed by atoms with Gasteiger partial charge in [0.1, 0.15) is 18.2 Å². The van der Waals surface area contributed by atoms with Crippen LogP contribution in [0.1, 0.15) is 5.56 Å². The molecule has 0 aliphatic heterocycles. The summed E-state index contributed by atoms with van der Waals surface area (Å²) in [5.41, 5.74) is 0.957. The van der Waals surface area contributed by atoms with Gasteiger partial charge in [-0.3, -0.25) is 4.98 Å². The first-order chi connectivity index (χ1) is 7.74. The minimum atomic E-state index is -0.267. The maximum Gasteiger partial charge on any atom is 0.123 e. The summed E-state index contributed by atoms with van der Waals surface area (Å²) >= 11 is 3.33. The van der Waals surface area contributed by atoms with Crippen LogP contribution in [0.4, 0.5) is 4.39 Å². The molecule has 0 bridgehead atoms. The predicted molar refractivity (Wildman–Crippen MR) is 62.7 cm³/mol. The van der Waals surface area contributed by atoms with Crippen LogP contribution in [0.3, 0.4) is 0 Å². The van der Waals surface area contributed by atoms with Crippen molar-refractivity contribution in [3.63, 3.8) is 0 Å². The largest absolute Gasteiger partial charge is 0.489 e. The quantitative estimate of drug-likeness (QED) is 0.858. The van der Waals surface area contributed by atoms with Crippen LogP contribution in [0.15, 0.2) is 47.2 Å². The number of hydrogen-bond donors (Lipinski definition) is 0. The van der Waals surface area contributed by atoms with Gasteiger partial charge in [-0.1, -0.05) is 0 Å². The summed E-state index contributed by atoms with van der Waals surface area (Å²) < 4.78 is 19.0. The highest BCUT2D eigenvalue weighted by Crippen LogP contribution is 2.15. The van der Waals surface area contributed by atoms with E-state index in [0.29, 0.717) is 12.4 Å². The van der Waals surface area contributed by atoms with Crippen LogP contribution in [-0.2, 0) is 6.61 Å². The SMILES string of the molecule is Fc1ccc(OCc2cncc(Br)c2)cc1. The van der Waals surface area contributed by atoms with E-state index >= 15 is 0 Å². The van der Waals surface area contributed by atoms with Crippen LogP contribution in [0.2, 0.25) is 0 Å². The minimum absolute atomic E-state index is 0.267. The van der Waals surface area contributed by atoms with Crippen molar-refractivity contribution in [3.8, 4) is 5.75 Å². The molecular formula is C12H9BrFNO. The maximum absolute atomic E-state index is 12.6. The van der Waals surface area contributed by atoms with Crippen molar-refractivity contribution in [2.24, 2.45) is 0 Å². The van der Waals surface area contributed by atoms with E-state index in [9.17, 15) is 4.39 Å². The van der Waals surface area contributed by atoms with Gasteiger partial charge in [0.25, 0.3) is 0 Å². The van der Waals surface area contributed by atoms with Crippen molar-refractivity contribution in [2.45, 2.75) is 6.61 Å². The van der Waals surface area contributed by atoms with Gasteiger partial charge in [0.15, 0.2) is 0 Å². The maximum atomic E-state index is 12.6. The van der Waals surface area contributed by atoms with Crippen LogP contribution in [0.5, 0.6) is 5.75 Å². The Balaban J connectivity index is 1.99. The lowest BCUT2D eigenvalue weighted by Gasteiger charge is -2.05. The average Bonchev–Trinajstić information content (AvgIpc) is 2.28. The molecular weight excluding hydrogens is 273 g/mol. The van der Waals surface area contributed by atoms with Crippen molar-refractivity contribution in [2.75, 3.05) is 0 Å². The van der Waals surface area contributed by atoms with Gasteiger partial charge < -0.3 is 4.74 Å². The van der Waals surface area contributed by atoms with E-state index in [0.717, 1.165) is 10.0 Å². The smallest absolute Gasteiger partial charge is 0.123 e. The lowest BCUT2D eigenvalue weighted by atomic mass is 10.3. The Kier molecular flexibility index (Phi) is 3.51. The molecule has 0 atom stereocenters. The number of rotatable bonds is 3. The summed E-state index contributed by atoms with van der Waals surface area (Å²) in [5.74, 6) is 0.373. The molecule has 1 heterocycles. The Morgan fingerprint density at radius 2 is 1.94 bits per heavy atom. The predicted octanol–water partition coefficient (Wildman–Crippen LogP) is 3.56. The lowest BCUT2D eigenvalue weighted by Crippen LogP contribution is -1.96. The Bertz CT molecular complexity index is 473. The number of hydrogen-bond acceptors (Lipinski definition) is 2. The second kappa shape index (κ2) is 5.07. The summed E-state index contributed by atoms with van der Waals surface area (Å²) in [6.45, 7) is 0.415. The molecule has 16 heavy (non-hydrogen) atoms. The highest BCUT2D eigenvalue weighted by molar-refractivity contribution is 9.10. The van der Waals surface area contributed by atoms with Gasteiger partial charge in [0.05, 0.1) is 0 Å². The van der Waals surface area contributed by atoms with E-state index in [1.165, 1.54) is 12.1 Å². The molecule has 0 fully saturated rings. The topological polar surface area (TPSA) is 22.1 Å². The first kappa shape index (κ1) is 11.1. The second-order valence-electron chi connectivity index (χ2n) is 3.25. The molecule has 4 heteroatoms. The van der Waals surface area contributed by atoms with Crippen LogP contribution in [-0.4, -0.2) is 4.98 Å². The molecule has 0 saturated heterocycles. The van der Waals surface area contributed by atoms with Gasteiger partial charge in [-0.2, -0.15) is 0 Å². The molecule has 2 aromatic rings. The number of ether oxygens (including phenoxy) is 1. The summed E-state index contributed by atoms with van der Waals surface area (Å²) in [7, 11) is 0.